The number of aryl methyl sites for hydroxylation is 1. The lowest BCUT2D eigenvalue weighted by atomic mass is 10.2. The summed E-state index contributed by atoms with van der Waals surface area (Å²) < 4.78 is 5.28. The van der Waals surface area contributed by atoms with E-state index in [1.807, 2.05) is 6.92 Å². The molecule has 2 rings (SSSR count). The summed E-state index contributed by atoms with van der Waals surface area (Å²) in [5.74, 6) is -0.127. The molecule has 0 unspecified atom stereocenters. The number of nitrogen functional groups attached to an aromatic ring is 1. The van der Waals surface area contributed by atoms with Crippen molar-refractivity contribution >= 4 is 11.6 Å². The fourth-order valence-corrected chi connectivity index (χ4v) is 1.77. The van der Waals surface area contributed by atoms with Crippen LogP contribution in [-0.2, 0) is 4.74 Å². The van der Waals surface area contributed by atoms with Gasteiger partial charge in [0.2, 0.25) is 0 Å². The second kappa shape index (κ2) is 4.13. The number of nitrogens with two attached hydrogens (primary N) is 1. The van der Waals surface area contributed by atoms with E-state index in [0.717, 1.165) is 5.69 Å². The quantitative estimate of drug-likeness (QED) is 0.711. The van der Waals surface area contributed by atoms with Gasteiger partial charge >= 0.3 is 0 Å². The Morgan fingerprint density at radius 3 is 3.00 bits per heavy atom. The molecular weight excluding hydrogens is 208 g/mol. The molecule has 2 heterocycles. The normalized spacial score (nSPS) is 21.1. The Kier molecular flexibility index (Phi) is 2.82. The molecule has 0 bridgehead atoms. The van der Waals surface area contributed by atoms with Crippen LogP contribution in [0.5, 0.6) is 0 Å². The van der Waals surface area contributed by atoms with Crippen LogP contribution in [0.25, 0.3) is 0 Å². The number of rotatable bonds is 1. The number of ether oxygens (including phenoxy) is 1. The number of nitrogens with one attached hydrogen (secondary N) is 1. The van der Waals surface area contributed by atoms with Crippen LogP contribution in [0.1, 0.15) is 23.1 Å². The van der Waals surface area contributed by atoms with Gasteiger partial charge in [-0.2, -0.15) is 5.10 Å². The van der Waals surface area contributed by atoms with Gasteiger partial charge in [-0.1, -0.05) is 0 Å². The van der Waals surface area contributed by atoms with Crippen molar-refractivity contribution in [2.24, 2.45) is 0 Å². The second-order valence-corrected chi connectivity index (χ2v) is 4.03. The third-order valence-electron chi connectivity index (χ3n) is 2.83. The summed E-state index contributed by atoms with van der Waals surface area (Å²) in [6.07, 6.45) is 0. The number of H-pyrrole nitrogens is 1. The highest BCUT2D eigenvalue weighted by molar-refractivity contribution is 5.97. The molecule has 16 heavy (non-hydrogen) atoms. The summed E-state index contributed by atoms with van der Waals surface area (Å²) in [5.41, 5.74) is 7.25. The molecule has 0 aromatic carbocycles. The number of carbonyl (C=O) groups excluding carboxylic acids is 1. The van der Waals surface area contributed by atoms with E-state index in [1.165, 1.54) is 0 Å². The second-order valence-electron chi connectivity index (χ2n) is 4.03. The largest absolute Gasteiger partial charge is 0.395 e. The smallest absolute Gasteiger partial charge is 0.276 e. The summed E-state index contributed by atoms with van der Waals surface area (Å²) >= 11 is 0. The van der Waals surface area contributed by atoms with E-state index >= 15 is 0 Å². The van der Waals surface area contributed by atoms with Gasteiger partial charge < -0.3 is 15.4 Å². The first-order chi connectivity index (χ1) is 7.61. The minimum Gasteiger partial charge on any atom is -0.395 e. The number of nitrogens with zero attached hydrogens (tertiary/aromatic N) is 2. The first kappa shape index (κ1) is 10.9. The number of aromatic amines is 1. The monoisotopic (exact) mass is 224 g/mol. The van der Waals surface area contributed by atoms with E-state index in [1.54, 1.807) is 11.8 Å². The average molecular weight is 224 g/mol. The lowest BCUT2D eigenvalue weighted by Crippen LogP contribution is -2.47. The molecule has 1 saturated heterocycles. The SMILES string of the molecule is Cc1[nH]nc(C(=O)N2CCOC[C@H]2C)c1N. The van der Waals surface area contributed by atoms with E-state index in [0.29, 0.717) is 31.1 Å². The van der Waals surface area contributed by atoms with Crippen LogP contribution in [0, 0.1) is 6.92 Å². The van der Waals surface area contributed by atoms with Crippen LogP contribution in [0.15, 0.2) is 0 Å². The molecule has 88 valence electrons. The number of aromatic nitrogens is 2. The number of hydrogen-bond acceptors (Lipinski definition) is 4. The molecule has 1 fully saturated rings. The predicted octanol–water partition coefficient (Wildman–Crippen LogP) is 0.161. The van der Waals surface area contributed by atoms with Crippen LogP contribution in [-0.4, -0.2) is 46.8 Å². The Balaban J connectivity index is 2.21. The number of morpholine rings is 1. The molecule has 1 atom stereocenters. The Bertz CT molecular complexity index is 402. The summed E-state index contributed by atoms with van der Waals surface area (Å²) in [5, 5.41) is 6.66. The third-order valence-corrected chi connectivity index (χ3v) is 2.83. The van der Waals surface area contributed by atoms with Gasteiger partial charge in [-0.3, -0.25) is 9.89 Å². The van der Waals surface area contributed by atoms with Crippen LogP contribution < -0.4 is 5.73 Å². The number of carbonyl (C=O) groups is 1. The molecular formula is C10H16N4O2. The third kappa shape index (κ3) is 1.76. The van der Waals surface area contributed by atoms with Crippen molar-refractivity contribution in [3.63, 3.8) is 0 Å². The van der Waals surface area contributed by atoms with Crippen molar-refractivity contribution in [1.29, 1.82) is 0 Å². The molecule has 1 aromatic rings. The van der Waals surface area contributed by atoms with Gasteiger partial charge in [-0.25, -0.2) is 0 Å². The molecule has 6 nitrogen and oxygen atoms in total. The lowest BCUT2D eigenvalue weighted by Gasteiger charge is -2.32. The molecule has 0 spiro atoms. The molecule has 1 aliphatic heterocycles. The standard InChI is InChI=1S/C10H16N4O2/c1-6-5-16-4-3-14(6)10(15)9-8(11)7(2)12-13-9/h6H,3-5,11H2,1-2H3,(H,12,13)/t6-/m1/s1. The van der Waals surface area contributed by atoms with Gasteiger partial charge in [0.15, 0.2) is 5.69 Å². The summed E-state index contributed by atoms with van der Waals surface area (Å²) in [4.78, 5) is 13.9. The zero-order chi connectivity index (χ0) is 11.7. The zero-order valence-corrected chi connectivity index (χ0v) is 9.49. The van der Waals surface area contributed by atoms with Gasteiger partial charge in [0.1, 0.15) is 0 Å². The highest BCUT2D eigenvalue weighted by Crippen LogP contribution is 2.17. The van der Waals surface area contributed by atoms with E-state index in [-0.39, 0.29) is 11.9 Å². The van der Waals surface area contributed by atoms with Crippen molar-refractivity contribution in [2.45, 2.75) is 19.9 Å². The van der Waals surface area contributed by atoms with Gasteiger partial charge in [0.25, 0.3) is 5.91 Å². The Morgan fingerprint density at radius 1 is 1.69 bits per heavy atom. The lowest BCUT2D eigenvalue weighted by molar-refractivity contribution is 0.00333. The Morgan fingerprint density at radius 2 is 2.44 bits per heavy atom. The zero-order valence-electron chi connectivity index (χ0n) is 9.49. The van der Waals surface area contributed by atoms with Crippen molar-refractivity contribution in [3.8, 4) is 0 Å². The maximum Gasteiger partial charge on any atom is 0.276 e. The van der Waals surface area contributed by atoms with E-state index < -0.39 is 0 Å². The minimum absolute atomic E-state index is 0.0673. The number of anilines is 1. The van der Waals surface area contributed by atoms with E-state index in [2.05, 4.69) is 10.2 Å². The van der Waals surface area contributed by atoms with E-state index in [9.17, 15) is 4.79 Å². The Hall–Kier alpha value is -1.56. The fraction of sp³-hybridized carbons (Fsp3) is 0.600. The van der Waals surface area contributed by atoms with Gasteiger partial charge in [0, 0.05) is 6.54 Å². The van der Waals surface area contributed by atoms with Gasteiger partial charge in [0.05, 0.1) is 30.6 Å². The molecule has 1 aliphatic rings. The van der Waals surface area contributed by atoms with Gasteiger partial charge in [-0.05, 0) is 13.8 Å². The topological polar surface area (TPSA) is 84.2 Å². The molecule has 0 aliphatic carbocycles. The fourth-order valence-electron chi connectivity index (χ4n) is 1.77. The van der Waals surface area contributed by atoms with Crippen LogP contribution in [0.2, 0.25) is 0 Å². The molecule has 1 amide bonds. The highest BCUT2D eigenvalue weighted by atomic mass is 16.5. The molecule has 3 N–H and O–H groups in total. The Labute approximate surface area is 93.8 Å². The summed E-state index contributed by atoms with van der Waals surface area (Å²) in [6, 6.07) is 0.0673. The first-order valence-electron chi connectivity index (χ1n) is 5.30. The summed E-state index contributed by atoms with van der Waals surface area (Å²) in [6.45, 7) is 5.47. The van der Waals surface area contributed by atoms with E-state index in [4.69, 9.17) is 10.5 Å². The highest BCUT2D eigenvalue weighted by Gasteiger charge is 2.28. The van der Waals surface area contributed by atoms with Crippen molar-refractivity contribution < 1.29 is 9.53 Å². The van der Waals surface area contributed by atoms with Crippen molar-refractivity contribution in [3.05, 3.63) is 11.4 Å². The molecule has 6 heteroatoms. The van der Waals surface area contributed by atoms with Crippen molar-refractivity contribution in [1.82, 2.24) is 15.1 Å². The molecule has 1 aromatic heterocycles. The van der Waals surface area contributed by atoms with Crippen LogP contribution in [0.4, 0.5) is 5.69 Å². The first-order valence-corrected chi connectivity index (χ1v) is 5.30. The number of amides is 1. The van der Waals surface area contributed by atoms with Crippen LogP contribution in [0.3, 0.4) is 0 Å². The van der Waals surface area contributed by atoms with Crippen LogP contribution >= 0.6 is 0 Å². The predicted molar refractivity (Wildman–Crippen MR) is 59.1 cm³/mol. The van der Waals surface area contributed by atoms with Crippen molar-refractivity contribution in [2.75, 3.05) is 25.5 Å². The summed E-state index contributed by atoms with van der Waals surface area (Å²) in [7, 11) is 0. The van der Waals surface area contributed by atoms with Gasteiger partial charge in [-0.15, -0.1) is 0 Å². The molecule has 0 radical (unpaired) electrons. The average Bonchev–Trinajstić information content (AvgIpc) is 2.60. The minimum atomic E-state index is -0.127. The number of hydrogen-bond donors (Lipinski definition) is 2. The maximum absolute atomic E-state index is 12.2. The molecule has 0 saturated carbocycles. The maximum atomic E-state index is 12.2.